The number of Topliss-reactive ketones (excluding diaryl/α,β-unsaturated/α-hetero) is 1. The molecule has 0 spiro atoms. The molecule has 1 aromatic heterocycles. The summed E-state index contributed by atoms with van der Waals surface area (Å²) in [5.41, 5.74) is 2.42. The van der Waals surface area contributed by atoms with Crippen LogP contribution < -0.4 is 0 Å². The molecule has 172 valence electrons. The van der Waals surface area contributed by atoms with Gasteiger partial charge < -0.3 is 4.74 Å². The third-order valence-electron chi connectivity index (χ3n) is 8.31. The Hall–Kier alpha value is -1.69. The first kappa shape index (κ1) is 23.5. The summed E-state index contributed by atoms with van der Waals surface area (Å²) in [7, 11) is 1.42. The van der Waals surface area contributed by atoms with E-state index in [9.17, 15) is 9.59 Å². The minimum absolute atomic E-state index is 0.0255. The van der Waals surface area contributed by atoms with Crippen molar-refractivity contribution >= 4 is 34.7 Å². The van der Waals surface area contributed by atoms with Gasteiger partial charge >= 0.3 is 5.97 Å². The molecule has 32 heavy (non-hydrogen) atoms. The summed E-state index contributed by atoms with van der Waals surface area (Å²) in [5, 5.41) is 2.71. The molecule has 0 N–H and O–H groups in total. The number of halogens is 1. The summed E-state index contributed by atoms with van der Waals surface area (Å²) in [5.74, 6) is 0.931. The highest BCUT2D eigenvalue weighted by Crippen LogP contribution is 2.63. The smallest absolute Gasteiger partial charge is 0.327 e. The Kier molecular flexibility index (Phi) is 6.54. The number of ketones is 1. The molecule has 6 heteroatoms. The number of hydrogen-bond acceptors (Lipinski definition) is 5. The van der Waals surface area contributed by atoms with Crippen molar-refractivity contribution in [3.63, 3.8) is 0 Å². The van der Waals surface area contributed by atoms with Crippen LogP contribution in [-0.4, -0.2) is 30.3 Å². The lowest BCUT2D eigenvalue weighted by Gasteiger charge is -2.33. The Balaban J connectivity index is 0.000000186. The van der Waals surface area contributed by atoms with Crippen LogP contribution in [0.5, 0.6) is 0 Å². The van der Waals surface area contributed by atoms with Gasteiger partial charge in [0, 0.05) is 34.8 Å². The summed E-state index contributed by atoms with van der Waals surface area (Å²) in [6, 6.07) is 9.16. The number of thiophene rings is 1. The zero-order valence-corrected chi connectivity index (χ0v) is 20.9. The molecule has 3 atom stereocenters. The van der Waals surface area contributed by atoms with Crippen molar-refractivity contribution in [2.75, 3.05) is 13.7 Å². The maximum Gasteiger partial charge on any atom is 0.327 e. The molecule has 2 saturated carbocycles. The zero-order chi connectivity index (χ0) is 23.1. The van der Waals surface area contributed by atoms with Crippen LogP contribution in [0, 0.1) is 16.7 Å². The summed E-state index contributed by atoms with van der Waals surface area (Å²) < 4.78 is 5.01. The summed E-state index contributed by atoms with van der Waals surface area (Å²) >= 11 is 8.07. The van der Waals surface area contributed by atoms with E-state index < -0.39 is 6.04 Å². The fraction of sp³-hybridized carbons (Fsp3) is 0.538. The Morgan fingerprint density at radius 3 is 2.56 bits per heavy atom. The molecular weight excluding hydrogens is 442 g/mol. The first-order valence-electron chi connectivity index (χ1n) is 11.3. The lowest BCUT2D eigenvalue weighted by atomic mass is 9.70. The van der Waals surface area contributed by atoms with Crippen LogP contribution in [0.15, 0.2) is 35.7 Å². The first-order chi connectivity index (χ1) is 15.2. The highest BCUT2D eigenvalue weighted by atomic mass is 35.5. The number of hydrogen-bond donors (Lipinski definition) is 0. The van der Waals surface area contributed by atoms with E-state index >= 15 is 0 Å². The minimum atomic E-state index is -0.447. The van der Waals surface area contributed by atoms with E-state index in [-0.39, 0.29) is 16.8 Å². The molecule has 3 aliphatic rings. The first-order valence-corrected chi connectivity index (χ1v) is 12.6. The number of nitrogens with zero attached hydrogens (tertiary/aromatic N) is 1. The third-order valence-corrected chi connectivity index (χ3v) is 9.68. The number of rotatable bonds is 3. The molecule has 0 saturated heterocycles. The molecule has 2 heterocycles. The van der Waals surface area contributed by atoms with Crippen molar-refractivity contribution in [1.29, 1.82) is 0 Å². The van der Waals surface area contributed by atoms with Crippen LogP contribution in [0.2, 0.25) is 5.02 Å². The molecule has 0 amide bonds. The average molecular weight is 474 g/mol. The Morgan fingerprint density at radius 1 is 1.25 bits per heavy atom. The number of fused-ring (bicyclic) bond motifs is 3. The van der Waals surface area contributed by atoms with Gasteiger partial charge in [0.15, 0.2) is 0 Å². The number of methoxy groups -OCH3 is 1. The van der Waals surface area contributed by atoms with E-state index in [4.69, 9.17) is 16.3 Å². The van der Waals surface area contributed by atoms with Crippen molar-refractivity contribution in [3.05, 3.63) is 56.7 Å². The molecule has 4 nitrogen and oxygen atoms in total. The molecule has 0 radical (unpaired) electrons. The van der Waals surface area contributed by atoms with E-state index in [1.807, 2.05) is 24.3 Å². The third kappa shape index (κ3) is 3.93. The van der Waals surface area contributed by atoms with Crippen molar-refractivity contribution in [2.45, 2.75) is 59.0 Å². The van der Waals surface area contributed by atoms with E-state index in [1.165, 1.54) is 24.0 Å². The molecule has 2 fully saturated rings. The van der Waals surface area contributed by atoms with Gasteiger partial charge in [0.1, 0.15) is 11.8 Å². The number of benzene rings is 1. The second kappa shape index (κ2) is 8.92. The molecule has 1 aromatic carbocycles. The minimum Gasteiger partial charge on any atom is -0.468 e. The van der Waals surface area contributed by atoms with Gasteiger partial charge in [0.25, 0.3) is 0 Å². The highest BCUT2D eigenvalue weighted by molar-refractivity contribution is 7.10. The van der Waals surface area contributed by atoms with Crippen LogP contribution in [0.1, 0.15) is 62.1 Å². The van der Waals surface area contributed by atoms with Crippen molar-refractivity contribution in [2.24, 2.45) is 16.7 Å². The van der Waals surface area contributed by atoms with Gasteiger partial charge in [0.05, 0.1) is 7.11 Å². The highest BCUT2D eigenvalue weighted by Gasteiger charge is 2.61. The molecule has 2 aromatic rings. The van der Waals surface area contributed by atoms with E-state index in [0.29, 0.717) is 16.7 Å². The van der Waals surface area contributed by atoms with E-state index in [1.54, 1.807) is 11.3 Å². The van der Waals surface area contributed by atoms with Gasteiger partial charge in [0.2, 0.25) is 0 Å². The van der Waals surface area contributed by atoms with Gasteiger partial charge in [-0.3, -0.25) is 9.69 Å². The van der Waals surface area contributed by atoms with Crippen molar-refractivity contribution < 1.29 is 14.3 Å². The quantitative estimate of drug-likeness (QED) is 0.507. The maximum absolute atomic E-state index is 12.3. The summed E-state index contributed by atoms with van der Waals surface area (Å²) in [4.78, 5) is 27.4. The Labute approximate surface area is 199 Å². The monoisotopic (exact) mass is 473 g/mol. The van der Waals surface area contributed by atoms with Gasteiger partial charge in [-0.1, -0.05) is 50.6 Å². The van der Waals surface area contributed by atoms with Crippen LogP contribution in [0.4, 0.5) is 0 Å². The largest absolute Gasteiger partial charge is 0.468 e. The second-order valence-electron chi connectivity index (χ2n) is 9.95. The maximum atomic E-state index is 12.3. The second-order valence-corrected chi connectivity index (χ2v) is 11.4. The molecule has 5 rings (SSSR count). The van der Waals surface area contributed by atoms with Crippen LogP contribution in [0.3, 0.4) is 0 Å². The fourth-order valence-electron chi connectivity index (χ4n) is 5.67. The predicted molar refractivity (Wildman–Crippen MR) is 129 cm³/mol. The zero-order valence-electron chi connectivity index (χ0n) is 19.3. The molecule has 2 bridgehead atoms. The summed E-state index contributed by atoms with van der Waals surface area (Å²) in [6.07, 6.45) is 4.22. The van der Waals surface area contributed by atoms with Crippen molar-refractivity contribution in [3.8, 4) is 0 Å². The van der Waals surface area contributed by atoms with Crippen LogP contribution in [-0.2, 0) is 27.3 Å². The number of carbonyl (C=O) groups excluding carboxylic acids is 2. The van der Waals surface area contributed by atoms with E-state index in [0.717, 1.165) is 37.9 Å². The average Bonchev–Trinajstić information content (AvgIpc) is 3.38. The van der Waals surface area contributed by atoms with Crippen LogP contribution >= 0.6 is 22.9 Å². The molecule has 2 unspecified atom stereocenters. The Bertz CT molecular complexity index is 1020. The number of ether oxygens (including phenoxy) is 1. The van der Waals surface area contributed by atoms with Gasteiger partial charge in [-0.15, -0.1) is 11.3 Å². The number of carbonyl (C=O) groups is 2. The van der Waals surface area contributed by atoms with Crippen molar-refractivity contribution in [1.82, 2.24) is 4.90 Å². The van der Waals surface area contributed by atoms with Gasteiger partial charge in [-0.2, -0.15) is 0 Å². The normalized spacial score (nSPS) is 26.8. The lowest BCUT2D eigenvalue weighted by Crippen LogP contribution is -2.38. The lowest BCUT2D eigenvalue weighted by molar-refractivity contribution is -0.147. The molecular formula is C26H32ClNO3S. The van der Waals surface area contributed by atoms with Crippen LogP contribution in [0.25, 0.3) is 0 Å². The SMILES string of the molecule is CC12CCC(CC1=O)C2(C)C.COC(=O)[C@H](c1ccccc1Cl)N1CCc2sccc2C1. The molecule has 2 aliphatic carbocycles. The number of esters is 1. The topological polar surface area (TPSA) is 46.6 Å². The van der Waals surface area contributed by atoms with Gasteiger partial charge in [-0.25, -0.2) is 4.79 Å². The van der Waals surface area contributed by atoms with Gasteiger partial charge in [-0.05, 0) is 59.2 Å². The predicted octanol–water partition coefficient (Wildman–Crippen LogP) is 6.08. The molecule has 1 aliphatic heterocycles. The summed E-state index contributed by atoms with van der Waals surface area (Å²) in [6.45, 7) is 8.26. The fourth-order valence-corrected chi connectivity index (χ4v) is 6.80. The standard InChI is InChI=1S/C16H16ClNO2S.C10H16O/c1-20-16(19)15(12-4-2-3-5-13(12)17)18-8-6-14-11(10-18)7-9-21-14;1-9(2)7-4-5-10(9,3)8(11)6-7/h2-5,7,9,15H,6,8,10H2,1H3;7H,4-6H2,1-3H3/t15-;/m0./s1. The Morgan fingerprint density at radius 2 is 2.00 bits per heavy atom. The van der Waals surface area contributed by atoms with E-state index in [2.05, 4.69) is 37.1 Å².